The van der Waals surface area contributed by atoms with Crippen molar-refractivity contribution in [2.75, 3.05) is 5.73 Å². The summed E-state index contributed by atoms with van der Waals surface area (Å²) in [5.74, 6) is 0.814. The fourth-order valence-corrected chi connectivity index (χ4v) is 2.10. The van der Waals surface area contributed by atoms with Gasteiger partial charge in [-0.05, 0) is 37.5 Å². The molecule has 1 heterocycles. The molecule has 2 N–H and O–H groups in total. The van der Waals surface area contributed by atoms with Crippen molar-refractivity contribution in [1.29, 1.82) is 0 Å². The van der Waals surface area contributed by atoms with Crippen LogP contribution in [0.15, 0.2) is 24.5 Å². The zero-order valence-electron chi connectivity index (χ0n) is 10.5. The molecule has 0 bridgehead atoms. The lowest BCUT2D eigenvalue weighted by atomic mass is 9.97. The van der Waals surface area contributed by atoms with Gasteiger partial charge in [0.15, 0.2) is 0 Å². The molecule has 3 nitrogen and oxygen atoms in total. The third-order valence-corrected chi connectivity index (χ3v) is 2.90. The number of rotatable bonds is 2. The molecule has 0 fully saturated rings. The predicted molar refractivity (Wildman–Crippen MR) is 69.9 cm³/mol. The van der Waals surface area contributed by atoms with E-state index in [-0.39, 0.29) is 0 Å². The molecule has 0 atom stereocenters. The molecule has 0 spiro atoms. The number of hydrogen-bond acceptors (Lipinski definition) is 3. The highest BCUT2D eigenvalue weighted by atomic mass is 14.9. The second kappa shape index (κ2) is 4.53. The summed E-state index contributed by atoms with van der Waals surface area (Å²) < 4.78 is 0. The number of anilines is 1. The second-order valence-electron chi connectivity index (χ2n) is 4.49. The van der Waals surface area contributed by atoms with Crippen molar-refractivity contribution in [3.8, 4) is 0 Å². The van der Waals surface area contributed by atoms with Crippen LogP contribution in [-0.2, 0) is 6.42 Å². The maximum Gasteiger partial charge on any atom is 0.132 e. The Hall–Kier alpha value is -1.90. The largest absolute Gasteiger partial charge is 0.396 e. The highest BCUT2D eigenvalue weighted by molar-refractivity contribution is 5.39. The molecule has 2 rings (SSSR count). The predicted octanol–water partition coefficient (Wildman–Crippen LogP) is 2.57. The molecule has 17 heavy (non-hydrogen) atoms. The van der Waals surface area contributed by atoms with Gasteiger partial charge in [0.25, 0.3) is 0 Å². The summed E-state index contributed by atoms with van der Waals surface area (Å²) in [6.07, 6.45) is 4.07. The number of nitrogen functional groups attached to an aromatic ring is 1. The third kappa shape index (κ3) is 2.61. The van der Waals surface area contributed by atoms with Gasteiger partial charge in [0.1, 0.15) is 5.82 Å². The number of aromatic nitrogens is 2. The van der Waals surface area contributed by atoms with E-state index in [2.05, 4.69) is 42.9 Å². The molecule has 0 radical (unpaired) electrons. The summed E-state index contributed by atoms with van der Waals surface area (Å²) in [4.78, 5) is 8.48. The smallest absolute Gasteiger partial charge is 0.132 e. The lowest BCUT2D eigenvalue weighted by molar-refractivity contribution is 0.953. The number of aryl methyl sites for hydroxylation is 3. The molecule has 0 aliphatic heterocycles. The van der Waals surface area contributed by atoms with Gasteiger partial charge in [-0.1, -0.05) is 17.7 Å². The van der Waals surface area contributed by atoms with Crippen LogP contribution in [-0.4, -0.2) is 9.97 Å². The van der Waals surface area contributed by atoms with Gasteiger partial charge >= 0.3 is 0 Å². The first-order valence-electron chi connectivity index (χ1n) is 5.69. The summed E-state index contributed by atoms with van der Waals surface area (Å²) in [5.41, 5.74) is 11.4. The molecule has 2 aromatic rings. The van der Waals surface area contributed by atoms with E-state index in [1.807, 2.05) is 0 Å². The number of benzene rings is 1. The number of nitrogens with zero attached hydrogens (tertiary/aromatic N) is 2. The Balaban J connectivity index is 2.33. The molecular weight excluding hydrogens is 210 g/mol. The number of hydrogen-bond donors (Lipinski definition) is 1. The minimum atomic E-state index is 0.603. The van der Waals surface area contributed by atoms with E-state index in [9.17, 15) is 0 Å². The number of nitrogens with two attached hydrogens (primary N) is 1. The summed E-state index contributed by atoms with van der Waals surface area (Å²) in [7, 11) is 0. The minimum Gasteiger partial charge on any atom is -0.396 e. The van der Waals surface area contributed by atoms with Crippen LogP contribution in [0, 0.1) is 20.8 Å². The first kappa shape index (κ1) is 11.6. The van der Waals surface area contributed by atoms with Crippen molar-refractivity contribution in [2.45, 2.75) is 27.2 Å². The highest BCUT2D eigenvalue weighted by Gasteiger charge is 2.06. The van der Waals surface area contributed by atoms with E-state index in [0.29, 0.717) is 5.69 Å². The van der Waals surface area contributed by atoms with Crippen LogP contribution in [0.3, 0.4) is 0 Å². The topological polar surface area (TPSA) is 51.8 Å². The van der Waals surface area contributed by atoms with Gasteiger partial charge < -0.3 is 5.73 Å². The van der Waals surface area contributed by atoms with Crippen LogP contribution in [0.4, 0.5) is 5.69 Å². The van der Waals surface area contributed by atoms with Crippen molar-refractivity contribution in [3.05, 3.63) is 52.6 Å². The van der Waals surface area contributed by atoms with Crippen LogP contribution in [0.1, 0.15) is 28.1 Å². The second-order valence-corrected chi connectivity index (χ2v) is 4.49. The van der Waals surface area contributed by atoms with E-state index < -0.39 is 0 Å². The molecule has 0 unspecified atom stereocenters. The van der Waals surface area contributed by atoms with Crippen molar-refractivity contribution < 1.29 is 0 Å². The summed E-state index contributed by atoms with van der Waals surface area (Å²) >= 11 is 0. The first-order chi connectivity index (χ1) is 8.06. The Bertz CT molecular complexity index is 507. The molecule has 0 aliphatic carbocycles. The summed E-state index contributed by atoms with van der Waals surface area (Å²) in [6.45, 7) is 6.38. The van der Waals surface area contributed by atoms with Gasteiger partial charge in [-0.3, -0.25) is 0 Å². The normalized spacial score (nSPS) is 10.5. The zero-order valence-corrected chi connectivity index (χ0v) is 10.5. The van der Waals surface area contributed by atoms with Crippen molar-refractivity contribution in [2.24, 2.45) is 0 Å². The SMILES string of the molecule is Cc1cc(C)c(Cc2ncc(N)cn2)c(C)c1. The Kier molecular flexibility index (Phi) is 3.09. The molecule has 0 amide bonds. The van der Waals surface area contributed by atoms with Crippen molar-refractivity contribution in [1.82, 2.24) is 9.97 Å². The third-order valence-electron chi connectivity index (χ3n) is 2.90. The molecule has 3 heteroatoms. The minimum absolute atomic E-state index is 0.603. The van der Waals surface area contributed by atoms with Crippen molar-refractivity contribution in [3.63, 3.8) is 0 Å². The van der Waals surface area contributed by atoms with Gasteiger partial charge in [0, 0.05) is 6.42 Å². The van der Waals surface area contributed by atoms with Crippen molar-refractivity contribution >= 4 is 5.69 Å². The maximum atomic E-state index is 5.57. The lowest BCUT2D eigenvalue weighted by Crippen LogP contribution is -2.01. The van der Waals surface area contributed by atoms with Gasteiger partial charge in [0.2, 0.25) is 0 Å². The van der Waals surface area contributed by atoms with Crippen LogP contribution >= 0.6 is 0 Å². The first-order valence-corrected chi connectivity index (χ1v) is 5.69. The Morgan fingerprint density at radius 1 is 1.00 bits per heavy atom. The molecule has 1 aromatic heterocycles. The highest BCUT2D eigenvalue weighted by Crippen LogP contribution is 2.18. The molecule has 0 saturated carbocycles. The molecule has 0 saturated heterocycles. The average molecular weight is 227 g/mol. The van der Waals surface area contributed by atoms with Crippen LogP contribution in [0.2, 0.25) is 0 Å². The summed E-state index contributed by atoms with van der Waals surface area (Å²) in [5, 5.41) is 0. The van der Waals surface area contributed by atoms with E-state index in [1.54, 1.807) is 12.4 Å². The molecule has 1 aromatic carbocycles. The Morgan fingerprint density at radius 2 is 1.53 bits per heavy atom. The zero-order chi connectivity index (χ0) is 12.4. The molecule has 0 aliphatic rings. The van der Waals surface area contributed by atoms with Gasteiger partial charge in [-0.15, -0.1) is 0 Å². The Labute approximate surface area is 102 Å². The maximum absolute atomic E-state index is 5.57. The standard InChI is InChI=1S/C14H17N3/c1-9-4-10(2)13(11(3)5-9)6-14-16-7-12(15)8-17-14/h4-5,7-8H,6,15H2,1-3H3. The quantitative estimate of drug-likeness (QED) is 0.857. The lowest BCUT2D eigenvalue weighted by Gasteiger charge is -2.10. The Morgan fingerprint density at radius 3 is 2.06 bits per heavy atom. The fourth-order valence-electron chi connectivity index (χ4n) is 2.10. The fraction of sp³-hybridized carbons (Fsp3) is 0.286. The van der Waals surface area contributed by atoms with Crippen LogP contribution < -0.4 is 5.73 Å². The van der Waals surface area contributed by atoms with E-state index in [0.717, 1.165) is 12.2 Å². The van der Waals surface area contributed by atoms with Gasteiger partial charge in [-0.25, -0.2) is 9.97 Å². The van der Waals surface area contributed by atoms with E-state index in [1.165, 1.54) is 22.3 Å². The van der Waals surface area contributed by atoms with Crippen LogP contribution in [0.5, 0.6) is 0 Å². The van der Waals surface area contributed by atoms with Gasteiger partial charge in [-0.2, -0.15) is 0 Å². The van der Waals surface area contributed by atoms with Gasteiger partial charge in [0.05, 0.1) is 18.1 Å². The molecule has 88 valence electrons. The monoisotopic (exact) mass is 227 g/mol. The average Bonchev–Trinajstić information content (AvgIpc) is 2.26. The molecular formula is C14H17N3. The van der Waals surface area contributed by atoms with E-state index in [4.69, 9.17) is 5.73 Å². The van der Waals surface area contributed by atoms with Crippen LogP contribution in [0.25, 0.3) is 0 Å². The summed E-state index contributed by atoms with van der Waals surface area (Å²) in [6, 6.07) is 4.39. The van der Waals surface area contributed by atoms with E-state index >= 15 is 0 Å².